The lowest BCUT2D eigenvalue weighted by molar-refractivity contribution is 0.0691. The Morgan fingerprint density at radius 3 is 2.76 bits per heavy atom. The summed E-state index contributed by atoms with van der Waals surface area (Å²) in [5, 5.41) is 19.8. The molecule has 21 heavy (non-hydrogen) atoms. The molecule has 0 saturated heterocycles. The van der Waals surface area contributed by atoms with Crippen molar-refractivity contribution in [2.45, 2.75) is 6.92 Å². The number of carboxylic acid groups (broad SMARTS) is 1. The van der Waals surface area contributed by atoms with E-state index in [1.54, 1.807) is 12.3 Å². The molecule has 0 atom stereocenters. The van der Waals surface area contributed by atoms with Crippen molar-refractivity contribution < 1.29 is 15.0 Å². The summed E-state index contributed by atoms with van der Waals surface area (Å²) in [5.74, 6) is -2.02. The van der Waals surface area contributed by atoms with Gasteiger partial charge in [0.05, 0.1) is 11.4 Å². The molecule has 0 aromatic carbocycles. The van der Waals surface area contributed by atoms with E-state index in [1.807, 2.05) is 12.1 Å². The second-order valence-electron chi connectivity index (χ2n) is 4.59. The quantitative estimate of drug-likeness (QED) is 0.570. The largest absolute Gasteiger partial charge is 0.506 e. The van der Waals surface area contributed by atoms with E-state index in [-0.39, 0.29) is 5.56 Å². The zero-order chi connectivity index (χ0) is 15.1. The van der Waals surface area contributed by atoms with E-state index in [1.165, 1.54) is 6.92 Å². The van der Waals surface area contributed by atoms with Crippen LogP contribution >= 0.6 is 0 Å². The average molecular weight is 285 g/mol. The molecule has 0 fully saturated rings. The number of aromatic carboxylic acids is 1. The van der Waals surface area contributed by atoms with Gasteiger partial charge in [0.25, 0.3) is 5.56 Å². The average Bonchev–Trinajstić information content (AvgIpc) is 2.89. The van der Waals surface area contributed by atoms with Crippen LogP contribution in [-0.2, 0) is 0 Å². The number of H-pyrrole nitrogens is 2. The minimum atomic E-state index is -1.48. The zero-order valence-electron chi connectivity index (χ0n) is 11.0. The Balaban J connectivity index is 2.27. The fourth-order valence-corrected chi connectivity index (χ4v) is 2.21. The van der Waals surface area contributed by atoms with Crippen molar-refractivity contribution in [3.8, 4) is 17.1 Å². The van der Waals surface area contributed by atoms with Gasteiger partial charge >= 0.3 is 5.97 Å². The van der Waals surface area contributed by atoms with Crippen molar-refractivity contribution >= 4 is 17.0 Å². The molecule has 0 spiro atoms. The molecular weight excluding hydrogens is 274 g/mol. The molecule has 0 amide bonds. The first-order chi connectivity index (χ1) is 9.99. The second-order valence-corrected chi connectivity index (χ2v) is 4.59. The van der Waals surface area contributed by atoms with E-state index >= 15 is 0 Å². The summed E-state index contributed by atoms with van der Waals surface area (Å²) in [6.07, 6.45) is 1.74. The minimum Gasteiger partial charge on any atom is -0.506 e. The minimum absolute atomic E-state index is 0.255. The highest BCUT2D eigenvalue weighted by Gasteiger charge is 2.21. The topological polar surface area (TPSA) is 119 Å². The van der Waals surface area contributed by atoms with Gasteiger partial charge in [-0.1, -0.05) is 0 Å². The van der Waals surface area contributed by atoms with Crippen LogP contribution in [0.3, 0.4) is 0 Å². The summed E-state index contributed by atoms with van der Waals surface area (Å²) >= 11 is 0. The van der Waals surface area contributed by atoms with Crippen LogP contribution in [0.25, 0.3) is 22.4 Å². The molecule has 0 aliphatic rings. The van der Waals surface area contributed by atoms with E-state index < -0.39 is 22.8 Å². The van der Waals surface area contributed by atoms with Crippen LogP contribution in [0.15, 0.2) is 29.2 Å². The Morgan fingerprint density at radius 2 is 2.05 bits per heavy atom. The number of carboxylic acids is 1. The SMILES string of the molecule is Cc1c(-c2ccc3cc[nH]c3n2)[nH]c(=O)c(C(=O)O)c1O. The lowest BCUT2D eigenvalue weighted by Gasteiger charge is -2.09. The smallest absolute Gasteiger partial charge is 0.345 e. The van der Waals surface area contributed by atoms with E-state index in [0.29, 0.717) is 17.0 Å². The molecule has 0 bridgehead atoms. The molecule has 0 aliphatic carbocycles. The van der Waals surface area contributed by atoms with Gasteiger partial charge in [0.2, 0.25) is 0 Å². The Labute approximate surface area is 117 Å². The van der Waals surface area contributed by atoms with Crippen molar-refractivity contribution in [2.24, 2.45) is 0 Å². The highest BCUT2D eigenvalue weighted by atomic mass is 16.4. The van der Waals surface area contributed by atoms with E-state index in [0.717, 1.165) is 5.39 Å². The molecular formula is C14H11N3O4. The first kappa shape index (κ1) is 12.9. The fraction of sp³-hybridized carbons (Fsp3) is 0.0714. The Bertz CT molecular complexity index is 924. The molecule has 3 aromatic heterocycles. The number of aromatic nitrogens is 3. The number of nitrogens with one attached hydrogen (secondary N) is 2. The molecule has 3 heterocycles. The summed E-state index contributed by atoms with van der Waals surface area (Å²) in [5.41, 5.74) is 0.0805. The van der Waals surface area contributed by atoms with Gasteiger partial charge in [0, 0.05) is 17.1 Å². The van der Waals surface area contributed by atoms with Gasteiger partial charge in [-0.25, -0.2) is 9.78 Å². The van der Waals surface area contributed by atoms with Crippen molar-refractivity contribution in [2.75, 3.05) is 0 Å². The molecule has 4 N–H and O–H groups in total. The van der Waals surface area contributed by atoms with E-state index in [4.69, 9.17) is 5.11 Å². The monoisotopic (exact) mass is 285 g/mol. The maximum Gasteiger partial charge on any atom is 0.345 e. The standard InChI is InChI=1S/C14H11N3O4/c1-6-10(17-13(19)9(11(6)18)14(20)21)8-3-2-7-4-5-15-12(7)16-8/h2-5H,1H3,(H,15,16)(H,20,21)(H2,17,18,19). The van der Waals surface area contributed by atoms with Crippen molar-refractivity contribution in [3.63, 3.8) is 0 Å². The van der Waals surface area contributed by atoms with E-state index in [2.05, 4.69) is 15.0 Å². The van der Waals surface area contributed by atoms with Gasteiger partial charge in [-0.3, -0.25) is 4.79 Å². The summed E-state index contributed by atoms with van der Waals surface area (Å²) in [6.45, 7) is 1.52. The van der Waals surface area contributed by atoms with Crippen LogP contribution in [-0.4, -0.2) is 31.1 Å². The van der Waals surface area contributed by atoms with Gasteiger partial charge < -0.3 is 20.2 Å². The third kappa shape index (κ3) is 1.95. The molecule has 0 unspecified atom stereocenters. The number of aromatic hydroxyl groups is 1. The van der Waals surface area contributed by atoms with Gasteiger partial charge in [0.15, 0.2) is 5.56 Å². The van der Waals surface area contributed by atoms with Gasteiger partial charge in [-0.15, -0.1) is 0 Å². The molecule has 0 aliphatic heterocycles. The third-order valence-corrected chi connectivity index (χ3v) is 3.31. The molecule has 3 aromatic rings. The normalized spacial score (nSPS) is 10.9. The molecule has 106 valence electrons. The van der Waals surface area contributed by atoms with Crippen molar-refractivity contribution in [1.29, 1.82) is 0 Å². The van der Waals surface area contributed by atoms with Gasteiger partial charge in [0.1, 0.15) is 11.4 Å². The number of fused-ring (bicyclic) bond motifs is 1. The Kier molecular flexibility index (Phi) is 2.76. The Morgan fingerprint density at radius 1 is 1.29 bits per heavy atom. The predicted molar refractivity (Wildman–Crippen MR) is 75.5 cm³/mol. The van der Waals surface area contributed by atoms with Crippen LogP contribution in [0, 0.1) is 6.92 Å². The number of pyridine rings is 2. The summed E-state index contributed by atoms with van der Waals surface area (Å²) in [6, 6.07) is 5.36. The number of aromatic amines is 2. The fourth-order valence-electron chi connectivity index (χ4n) is 2.21. The summed E-state index contributed by atoms with van der Waals surface area (Å²) in [4.78, 5) is 32.5. The maximum absolute atomic E-state index is 11.8. The molecule has 0 saturated carbocycles. The van der Waals surface area contributed by atoms with Crippen molar-refractivity contribution in [1.82, 2.24) is 15.0 Å². The van der Waals surface area contributed by atoms with Crippen LogP contribution < -0.4 is 5.56 Å². The first-order valence-corrected chi connectivity index (χ1v) is 6.12. The molecule has 7 nitrogen and oxygen atoms in total. The molecule has 7 heteroatoms. The predicted octanol–water partition coefficient (Wildman–Crippen LogP) is 1.63. The Hall–Kier alpha value is -3.09. The number of carbonyl (C=O) groups is 1. The van der Waals surface area contributed by atoms with Crippen LogP contribution in [0.4, 0.5) is 0 Å². The highest BCUT2D eigenvalue weighted by Crippen LogP contribution is 2.28. The zero-order valence-corrected chi connectivity index (χ0v) is 11.0. The second kappa shape index (κ2) is 4.48. The lowest BCUT2D eigenvalue weighted by atomic mass is 10.1. The number of hydrogen-bond acceptors (Lipinski definition) is 4. The molecule has 0 radical (unpaired) electrons. The van der Waals surface area contributed by atoms with Crippen LogP contribution in [0.1, 0.15) is 15.9 Å². The number of hydrogen-bond donors (Lipinski definition) is 4. The first-order valence-electron chi connectivity index (χ1n) is 6.12. The van der Waals surface area contributed by atoms with Crippen molar-refractivity contribution in [3.05, 3.63) is 45.9 Å². The lowest BCUT2D eigenvalue weighted by Crippen LogP contribution is -2.19. The molecule has 3 rings (SSSR count). The number of nitrogens with zero attached hydrogens (tertiary/aromatic N) is 1. The van der Waals surface area contributed by atoms with E-state index in [9.17, 15) is 14.7 Å². The highest BCUT2D eigenvalue weighted by molar-refractivity contribution is 5.91. The van der Waals surface area contributed by atoms with Crippen LogP contribution in [0.2, 0.25) is 0 Å². The number of rotatable bonds is 2. The summed E-state index contributed by atoms with van der Waals surface area (Å²) < 4.78 is 0. The van der Waals surface area contributed by atoms with Crippen LogP contribution in [0.5, 0.6) is 5.75 Å². The third-order valence-electron chi connectivity index (χ3n) is 3.31. The maximum atomic E-state index is 11.8. The van der Waals surface area contributed by atoms with Gasteiger partial charge in [-0.2, -0.15) is 0 Å². The summed E-state index contributed by atoms with van der Waals surface area (Å²) in [7, 11) is 0. The van der Waals surface area contributed by atoms with Gasteiger partial charge in [-0.05, 0) is 25.1 Å².